The van der Waals surface area contributed by atoms with Gasteiger partial charge in [0.2, 0.25) is 0 Å². The smallest absolute Gasteiger partial charge is 0.126 e. The van der Waals surface area contributed by atoms with Gasteiger partial charge in [-0.05, 0) is 43.5 Å². The third-order valence-corrected chi connectivity index (χ3v) is 3.73. The lowest BCUT2D eigenvalue weighted by molar-refractivity contribution is 0.0139. The summed E-state index contributed by atoms with van der Waals surface area (Å²) < 4.78 is 18.8. The van der Waals surface area contributed by atoms with E-state index in [1.807, 2.05) is 19.1 Å². The summed E-state index contributed by atoms with van der Waals surface area (Å²) in [6.07, 6.45) is 2.00. The molecule has 1 saturated heterocycles. The summed E-state index contributed by atoms with van der Waals surface area (Å²) in [4.78, 5) is 2.42. The maximum Gasteiger partial charge on any atom is 0.126 e. The Hall–Kier alpha value is -0.970. The summed E-state index contributed by atoms with van der Waals surface area (Å²) in [5, 5.41) is 0. The summed E-state index contributed by atoms with van der Waals surface area (Å²) in [5.74, 6) is -0.136. The number of hydrogen-bond donors (Lipinski definition) is 1. The van der Waals surface area contributed by atoms with E-state index >= 15 is 0 Å². The molecule has 0 bridgehead atoms. The average molecular weight is 266 g/mol. The molecule has 1 heterocycles. The molecule has 4 heteroatoms. The van der Waals surface area contributed by atoms with Crippen LogP contribution in [0.25, 0.3) is 0 Å². The van der Waals surface area contributed by atoms with Crippen LogP contribution in [0.5, 0.6) is 0 Å². The van der Waals surface area contributed by atoms with Gasteiger partial charge in [0.15, 0.2) is 0 Å². The molecule has 2 rings (SSSR count). The second-order valence-corrected chi connectivity index (χ2v) is 5.10. The Kier molecular flexibility index (Phi) is 5.31. The van der Waals surface area contributed by atoms with Crippen LogP contribution in [0.3, 0.4) is 0 Å². The number of nitrogens with two attached hydrogens (primary N) is 1. The first kappa shape index (κ1) is 14.4. The van der Waals surface area contributed by atoms with Gasteiger partial charge in [-0.1, -0.05) is 12.1 Å². The molecule has 3 nitrogen and oxygen atoms in total. The Bertz CT molecular complexity index is 405. The van der Waals surface area contributed by atoms with Crippen LogP contribution in [0.2, 0.25) is 0 Å². The molecule has 0 spiro atoms. The van der Waals surface area contributed by atoms with E-state index in [0.29, 0.717) is 18.2 Å². The largest absolute Gasteiger partial charge is 0.379 e. The zero-order valence-electron chi connectivity index (χ0n) is 11.6. The quantitative estimate of drug-likeness (QED) is 0.888. The van der Waals surface area contributed by atoms with Crippen molar-refractivity contribution in [2.75, 3.05) is 32.8 Å². The molecule has 1 unspecified atom stereocenters. The number of nitrogens with zero attached hydrogens (tertiary/aromatic N) is 1. The predicted molar refractivity (Wildman–Crippen MR) is 74.6 cm³/mol. The van der Waals surface area contributed by atoms with Gasteiger partial charge in [-0.2, -0.15) is 0 Å². The molecular weight excluding hydrogens is 243 g/mol. The molecule has 2 N–H and O–H groups in total. The number of rotatable bonds is 5. The van der Waals surface area contributed by atoms with E-state index < -0.39 is 0 Å². The average Bonchev–Trinajstić information content (AvgIpc) is 2.44. The lowest BCUT2D eigenvalue weighted by Crippen LogP contribution is -2.39. The fourth-order valence-corrected chi connectivity index (χ4v) is 2.64. The Morgan fingerprint density at radius 2 is 2.11 bits per heavy atom. The van der Waals surface area contributed by atoms with E-state index in [1.54, 1.807) is 6.07 Å². The zero-order valence-corrected chi connectivity index (χ0v) is 11.6. The Morgan fingerprint density at radius 3 is 2.74 bits per heavy atom. The van der Waals surface area contributed by atoms with Crippen LogP contribution < -0.4 is 5.73 Å². The monoisotopic (exact) mass is 266 g/mol. The van der Waals surface area contributed by atoms with E-state index in [0.717, 1.165) is 39.1 Å². The summed E-state index contributed by atoms with van der Waals surface area (Å²) >= 11 is 0. The predicted octanol–water partition coefficient (Wildman–Crippen LogP) is 2.25. The molecule has 1 aromatic carbocycles. The number of halogens is 1. The standard InChI is InChI=1S/C15H23FN2O/c1-12-11-13(4-5-14(12)16)15(3-2-6-17)18-7-9-19-10-8-18/h4-5,11,15H,2-3,6-10,17H2,1H3. The van der Waals surface area contributed by atoms with Gasteiger partial charge in [-0.25, -0.2) is 4.39 Å². The number of aryl methyl sites for hydroxylation is 1. The molecule has 0 radical (unpaired) electrons. The molecular formula is C15H23FN2O. The highest BCUT2D eigenvalue weighted by molar-refractivity contribution is 5.26. The molecule has 19 heavy (non-hydrogen) atoms. The molecule has 106 valence electrons. The van der Waals surface area contributed by atoms with Crippen LogP contribution in [0, 0.1) is 12.7 Å². The number of ether oxygens (including phenoxy) is 1. The highest BCUT2D eigenvalue weighted by Crippen LogP contribution is 2.27. The van der Waals surface area contributed by atoms with Gasteiger partial charge >= 0.3 is 0 Å². The van der Waals surface area contributed by atoms with Gasteiger partial charge in [0, 0.05) is 19.1 Å². The van der Waals surface area contributed by atoms with Crippen LogP contribution in [0.4, 0.5) is 4.39 Å². The van der Waals surface area contributed by atoms with Crippen LogP contribution in [-0.4, -0.2) is 37.7 Å². The van der Waals surface area contributed by atoms with Crippen molar-refractivity contribution < 1.29 is 9.13 Å². The van der Waals surface area contributed by atoms with Crippen LogP contribution >= 0.6 is 0 Å². The van der Waals surface area contributed by atoms with Crippen molar-refractivity contribution in [1.82, 2.24) is 4.90 Å². The number of hydrogen-bond acceptors (Lipinski definition) is 3. The minimum Gasteiger partial charge on any atom is -0.379 e. The topological polar surface area (TPSA) is 38.5 Å². The normalized spacial score (nSPS) is 18.5. The van der Waals surface area contributed by atoms with Gasteiger partial charge in [0.05, 0.1) is 13.2 Å². The summed E-state index contributed by atoms with van der Waals surface area (Å²) in [6.45, 7) is 5.94. The second kappa shape index (κ2) is 6.98. The van der Waals surface area contributed by atoms with Crippen LogP contribution in [0.1, 0.15) is 30.0 Å². The SMILES string of the molecule is Cc1cc(C(CCCN)N2CCOCC2)ccc1F. The second-order valence-electron chi connectivity index (χ2n) is 5.10. The Labute approximate surface area is 114 Å². The molecule has 0 aliphatic carbocycles. The molecule has 1 aliphatic heterocycles. The van der Waals surface area contributed by atoms with E-state index in [-0.39, 0.29) is 5.82 Å². The first-order valence-corrected chi connectivity index (χ1v) is 7.00. The van der Waals surface area contributed by atoms with Crippen LogP contribution in [0.15, 0.2) is 18.2 Å². The summed E-state index contributed by atoms with van der Waals surface area (Å²) in [7, 11) is 0. The van der Waals surface area contributed by atoms with Crippen molar-refractivity contribution in [2.45, 2.75) is 25.8 Å². The Balaban J connectivity index is 2.17. The third-order valence-electron chi connectivity index (χ3n) is 3.73. The fraction of sp³-hybridized carbons (Fsp3) is 0.600. The van der Waals surface area contributed by atoms with E-state index in [4.69, 9.17) is 10.5 Å². The molecule has 1 fully saturated rings. The maximum atomic E-state index is 13.4. The maximum absolute atomic E-state index is 13.4. The molecule has 1 atom stereocenters. The van der Waals surface area contributed by atoms with E-state index in [1.165, 1.54) is 5.56 Å². The summed E-state index contributed by atoms with van der Waals surface area (Å²) in [6, 6.07) is 5.76. The van der Waals surface area contributed by atoms with E-state index in [9.17, 15) is 4.39 Å². The van der Waals surface area contributed by atoms with Crippen molar-refractivity contribution in [3.8, 4) is 0 Å². The molecule has 0 aromatic heterocycles. The summed E-state index contributed by atoms with van der Waals surface area (Å²) in [5.41, 5.74) is 7.54. The van der Waals surface area contributed by atoms with Gasteiger partial charge in [0.25, 0.3) is 0 Å². The van der Waals surface area contributed by atoms with Gasteiger partial charge in [-0.15, -0.1) is 0 Å². The minimum atomic E-state index is -0.136. The zero-order chi connectivity index (χ0) is 13.7. The first-order chi connectivity index (χ1) is 9.22. The van der Waals surface area contributed by atoms with Crippen molar-refractivity contribution in [3.05, 3.63) is 35.1 Å². The molecule has 0 saturated carbocycles. The highest BCUT2D eigenvalue weighted by Gasteiger charge is 2.22. The third kappa shape index (κ3) is 3.75. The number of morpholine rings is 1. The van der Waals surface area contributed by atoms with Gasteiger partial charge < -0.3 is 10.5 Å². The van der Waals surface area contributed by atoms with Gasteiger partial charge in [-0.3, -0.25) is 4.90 Å². The van der Waals surface area contributed by atoms with Crippen molar-refractivity contribution in [3.63, 3.8) is 0 Å². The highest BCUT2D eigenvalue weighted by atomic mass is 19.1. The van der Waals surface area contributed by atoms with Crippen molar-refractivity contribution in [1.29, 1.82) is 0 Å². The van der Waals surface area contributed by atoms with Gasteiger partial charge in [0.1, 0.15) is 5.82 Å². The van der Waals surface area contributed by atoms with E-state index in [2.05, 4.69) is 4.90 Å². The first-order valence-electron chi connectivity index (χ1n) is 7.00. The molecule has 0 amide bonds. The Morgan fingerprint density at radius 1 is 1.37 bits per heavy atom. The molecule has 1 aromatic rings. The minimum absolute atomic E-state index is 0.136. The lowest BCUT2D eigenvalue weighted by atomic mass is 9.98. The fourth-order valence-electron chi connectivity index (χ4n) is 2.64. The molecule has 1 aliphatic rings. The lowest BCUT2D eigenvalue weighted by Gasteiger charge is -2.35. The number of benzene rings is 1. The van der Waals surface area contributed by atoms with Crippen molar-refractivity contribution in [2.24, 2.45) is 5.73 Å². The van der Waals surface area contributed by atoms with Crippen LogP contribution in [-0.2, 0) is 4.74 Å². The van der Waals surface area contributed by atoms with Crippen molar-refractivity contribution >= 4 is 0 Å².